The van der Waals surface area contributed by atoms with Gasteiger partial charge in [-0.25, -0.2) is 4.79 Å². The Morgan fingerprint density at radius 3 is 2.62 bits per heavy atom. The van der Waals surface area contributed by atoms with Gasteiger partial charge in [-0.1, -0.05) is 24.3 Å². The Morgan fingerprint density at radius 1 is 1.00 bits per heavy atom. The van der Waals surface area contributed by atoms with Crippen molar-refractivity contribution in [2.45, 2.75) is 12.6 Å². The van der Waals surface area contributed by atoms with Gasteiger partial charge in [0.25, 0.3) is 0 Å². The Labute approximate surface area is 190 Å². The number of fused-ring (bicyclic) bond motifs is 3. The van der Waals surface area contributed by atoms with Gasteiger partial charge in [0.1, 0.15) is 6.04 Å². The second kappa shape index (κ2) is 8.43. The lowest BCUT2D eigenvalue weighted by atomic mass is 10.1. The van der Waals surface area contributed by atoms with Crippen molar-refractivity contribution in [3.8, 4) is 17.2 Å². The number of para-hydroxylation sites is 1. The van der Waals surface area contributed by atoms with Gasteiger partial charge in [0.2, 0.25) is 0 Å². The van der Waals surface area contributed by atoms with Crippen LogP contribution in [0.25, 0.3) is 5.69 Å². The van der Waals surface area contributed by atoms with E-state index < -0.39 is 0 Å². The molecule has 1 aliphatic heterocycles. The van der Waals surface area contributed by atoms with Gasteiger partial charge in [-0.2, -0.15) is 0 Å². The van der Waals surface area contributed by atoms with Gasteiger partial charge in [-0.3, -0.25) is 0 Å². The maximum Gasteiger partial charge on any atom is 0.323 e. The molecule has 5 rings (SSSR count). The number of urea groups is 1. The monoisotopic (exact) mass is 445 g/mol. The summed E-state index contributed by atoms with van der Waals surface area (Å²) in [5, 5.41) is 5.10. The number of carbonyl (C=O) groups is 1. The van der Waals surface area contributed by atoms with E-state index in [0.717, 1.165) is 21.8 Å². The molecule has 7 heteroatoms. The standard InChI is InChI=1S/C25H23N3O3S/c1-30-21-12-11-18(15-22(21)31-2)26-25(29)28-16-17-7-3-4-8-19(17)27-13-5-9-20(27)24(28)23-10-6-14-32-23/h3-15,24H,16H2,1-2H3,(H,26,29). The molecule has 1 N–H and O–H groups in total. The number of rotatable bonds is 4. The molecule has 6 nitrogen and oxygen atoms in total. The van der Waals surface area contributed by atoms with Gasteiger partial charge in [-0.05, 0) is 47.3 Å². The number of thiophene rings is 1. The maximum atomic E-state index is 13.7. The molecule has 1 unspecified atom stereocenters. The number of hydrogen-bond donors (Lipinski definition) is 1. The average molecular weight is 446 g/mol. The highest BCUT2D eigenvalue weighted by molar-refractivity contribution is 7.10. The Morgan fingerprint density at radius 2 is 1.84 bits per heavy atom. The van der Waals surface area contributed by atoms with Crippen LogP contribution in [0.15, 0.2) is 78.3 Å². The smallest absolute Gasteiger partial charge is 0.323 e. The van der Waals surface area contributed by atoms with Gasteiger partial charge in [0.05, 0.1) is 32.1 Å². The zero-order valence-electron chi connectivity index (χ0n) is 17.8. The summed E-state index contributed by atoms with van der Waals surface area (Å²) >= 11 is 1.65. The lowest BCUT2D eigenvalue weighted by molar-refractivity contribution is 0.195. The van der Waals surface area contributed by atoms with Crippen LogP contribution in [-0.4, -0.2) is 29.7 Å². The Kier molecular flexibility index (Phi) is 5.33. The Hall–Kier alpha value is -3.71. The van der Waals surface area contributed by atoms with Crippen LogP contribution in [0.5, 0.6) is 11.5 Å². The van der Waals surface area contributed by atoms with Crippen molar-refractivity contribution in [1.29, 1.82) is 0 Å². The van der Waals surface area contributed by atoms with Crippen molar-refractivity contribution in [3.63, 3.8) is 0 Å². The van der Waals surface area contributed by atoms with E-state index in [2.05, 4.69) is 40.3 Å². The maximum absolute atomic E-state index is 13.7. The number of nitrogens with one attached hydrogen (secondary N) is 1. The van der Waals surface area contributed by atoms with Crippen LogP contribution in [0.1, 0.15) is 22.2 Å². The van der Waals surface area contributed by atoms with Gasteiger partial charge >= 0.3 is 6.03 Å². The molecule has 0 bridgehead atoms. The molecule has 0 saturated carbocycles. The highest BCUT2D eigenvalue weighted by atomic mass is 32.1. The molecular formula is C25H23N3O3S. The third-order valence-corrected chi connectivity index (χ3v) is 6.60. The van der Waals surface area contributed by atoms with Gasteiger partial charge in [0.15, 0.2) is 11.5 Å². The first-order valence-corrected chi connectivity index (χ1v) is 11.2. The minimum Gasteiger partial charge on any atom is -0.493 e. The van der Waals surface area contributed by atoms with Crippen molar-refractivity contribution >= 4 is 23.1 Å². The summed E-state index contributed by atoms with van der Waals surface area (Å²) in [4.78, 5) is 16.7. The zero-order valence-corrected chi connectivity index (χ0v) is 18.6. The molecule has 2 amide bonds. The largest absolute Gasteiger partial charge is 0.493 e. The predicted octanol–water partition coefficient (Wildman–Crippen LogP) is 5.69. The summed E-state index contributed by atoms with van der Waals surface area (Å²) in [5.41, 5.74) is 3.88. The number of carbonyl (C=O) groups excluding carboxylic acids is 1. The fourth-order valence-corrected chi connectivity index (χ4v) is 5.04. The first kappa shape index (κ1) is 20.2. The molecule has 3 heterocycles. The Bertz CT molecular complexity index is 1250. The molecule has 4 aromatic rings. The second-order valence-corrected chi connectivity index (χ2v) is 8.46. The van der Waals surface area contributed by atoms with Crippen LogP contribution < -0.4 is 14.8 Å². The molecule has 0 spiro atoms. The van der Waals surface area contributed by atoms with Crippen LogP contribution in [0, 0.1) is 0 Å². The van der Waals surface area contributed by atoms with E-state index in [1.54, 1.807) is 37.7 Å². The average Bonchev–Trinajstić information content (AvgIpc) is 3.50. The van der Waals surface area contributed by atoms with E-state index in [0.29, 0.717) is 23.7 Å². The molecule has 1 atom stereocenters. The predicted molar refractivity (Wildman–Crippen MR) is 126 cm³/mol. The number of nitrogens with zero attached hydrogens (tertiary/aromatic N) is 2. The van der Waals surface area contributed by atoms with Crippen molar-refractivity contribution in [1.82, 2.24) is 9.47 Å². The third-order valence-electron chi connectivity index (χ3n) is 5.67. The number of ether oxygens (including phenoxy) is 2. The molecule has 1 aliphatic rings. The fourth-order valence-electron chi connectivity index (χ4n) is 4.19. The van der Waals surface area contributed by atoms with E-state index in [-0.39, 0.29) is 12.1 Å². The first-order valence-electron chi connectivity index (χ1n) is 10.3. The normalized spacial score (nSPS) is 14.8. The van der Waals surface area contributed by atoms with Crippen molar-refractivity contribution < 1.29 is 14.3 Å². The lowest BCUT2D eigenvalue weighted by Crippen LogP contribution is -2.37. The first-order chi connectivity index (χ1) is 15.7. The summed E-state index contributed by atoms with van der Waals surface area (Å²) in [7, 11) is 3.17. The van der Waals surface area contributed by atoms with E-state index in [4.69, 9.17) is 9.47 Å². The van der Waals surface area contributed by atoms with E-state index in [1.165, 1.54) is 0 Å². The molecule has 162 valence electrons. The summed E-state index contributed by atoms with van der Waals surface area (Å²) in [6.45, 7) is 0.486. The SMILES string of the molecule is COc1ccc(NC(=O)N2Cc3ccccc3-n3cccc3C2c2cccs2)cc1OC. The molecular weight excluding hydrogens is 422 g/mol. The van der Waals surface area contributed by atoms with E-state index in [1.807, 2.05) is 40.6 Å². The van der Waals surface area contributed by atoms with Crippen LogP contribution in [0.3, 0.4) is 0 Å². The summed E-state index contributed by atoms with van der Waals surface area (Å²) in [6.07, 6.45) is 2.06. The number of aromatic nitrogens is 1. The number of anilines is 1. The molecule has 0 fully saturated rings. The highest BCUT2D eigenvalue weighted by Crippen LogP contribution is 2.39. The van der Waals surface area contributed by atoms with Crippen LogP contribution >= 0.6 is 11.3 Å². The number of methoxy groups -OCH3 is 2. The molecule has 2 aromatic carbocycles. The van der Waals surface area contributed by atoms with Crippen molar-refractivity contribution in [2.24, 2.45) is 0 Å². The van der Waals surface area contributed by atoms with E-state index >= 15 is 0 Å². The van der Waals surface area contributed by atoms with E-state index in [9.17, 15) is 4.79 Å². The van der Waals surface area contributed by atoms with Gasteiger partial charge in [0, 0.05) is 22.8 Å². The highest BCUT2D eigenvalue weighted by Gasteiger charge is 2.33. The van der Waals surface area contributed by atoms with Crippen LogP contribution in [0.2, 0.25) is 0 Å². The summed E-state index contributed by atoms with van der Waals surface area (Å²) in [5.74, 6) is 1.18. The molecule has 2 aromatic heterocycles. The molecule has 32 heavy (non-hydrogen) atoms. The summed E-state index contributed by atoms with van der Waals surface area (Å²) < 4.78 is 12.9. The third kappa shape index (κ3) is 3.50. The lowest BCUT2D eigenvalue weighted by Gasteiger charge is -2.30. The number of hydrogen-bond acceptors (Lipinski definition) is 4. The quantitative estimate of drug-likeness (QED) is 0.439. The van der Waals surface area contributed by atoms with Gasteiger partial charge < -0.3 is 24.3 Å². The zero-order chi connectivity index (χ0) is 22.1. The van der Waals surface area contributed by atoms with Crippen molar-refractivity contribution in [2.75, 3.05) is 19.5 Å². The Balaban J connectivity index is 1.56. The van der Waals surface area contributed by atoms with Crippen LogP contribution in [-0.2, 0) is 6.54 Å². The molecule has 0 saturated heterocycles. The number of benzene rings is 2. The number of amides is 2. The molecule has 0 aliphatic carbocycles. The van der Waals surface area contributed by atoms with Gasteiger partial charge in [-0.15, -0.1) is 11.3 Å². The van der Waals surface area contributed by atoms with Crippen LogP contribution in [0.4, 0.5) is 10.5 Å². The second-order valence-electron chi connectivity index (χ2n) is 7.48. The molecule has 0 radical (unpaired) electrons. The summed E-state index contributed by atoms with van der Waals surface area (Å²) in [6, 6.07) is 21.4. The topological polar surface area (TPSA) is 55.7 Å². The minimum absolute atomic E-state index is 0.180. The minimum atomic E-state index is -0.211. The van der Waals surface area contributed by atoms with Crippen molar-refractivity contribution in [3.05, 3.63) is 94.4 Å². The fraction of sp³-hybridized carbons (Fsp3) is 0.160.